The summed E-state index contributed by atoms with van der Waals surface area (Å²) in [6.07, 6.45) is 4.75. The molecule has 1 aliphatic heterocycles. The Labute approximate surface area is 163 Å². The van der Waals surface area contributed by atoms with Crippen LogP contribution in [0.1, 0.15) is 34.5 Å². The highest BCUT2D eigenvalue weighted by Gasteiger charge is 2.29. The van der Waals surface area contributed by atoms with Gasteiger partial charge in [0.1, 0.15) is 5.69 Å². The molecule has 1 fully saturated rings. The first-order valence-corrected chi connectivity index (χ1v) is 9.37. The third kappa shape index (κ3) is 4.60. The van der Waals surface area contributed by atoms with Crippen LogP contribution in [0.5, 0.6) is 0 Å². The van der Waals surface area contributed by atoms with Crippen molar-refractivity contribution in [3.05, 3.63) is 52.6 Å². The van der Waals surface area contributed by atoms with Crippen LogP contribution in [0.2, 0.25) is 5.02 Å². The lowest BCUT2D eigenvalue weighted by Gasteiger charge is -2.37. The number of aromatic amines is 1. The Morgan fingerprint density at radius 2 is 2.26 bits per heavy atom. The molecule has 8 heteroatoms. The van der Waals surface area contributed by atoms with Gasteiger partial charge < -0.3 is 20.1 Å². The van der Waals surface area contributed by atoms with Gasteiger partial charge in [-0.1, -0.05) is 23.7 Å². The third-order valence-corrected chi connectivity index (χ3v) is 5.37. The molecule has 2 aromatic rings. The number of hydrogen-bond donors (Lipinski definition) is 2. The molecule has 0 spiro atoms. The lowest BCUT2D eigenvalue weighted by Crippen LogP contribution is -2.52. The highest BCUT2D eigenvalue weighted by Crippen LogP contribution is 2.18. The molecule has 3 rings (SSSR count). The molecule has 0 saturated carbocycles. The van der Waals surface area contributed by atoms with Gasteiger partial charge in [0.15, 0.2) is 0 Å². The van der Waals surface area contributed by atoms with Crippen molar-refractivity contribution in [2.75, 3.05) is 20.1 Å². The first kappa shape index (κ1) is 19.2. The van der Waals surface area contributed by atoms with Gasteiger partial charge in [-0.25, -0.2) is 9.78 Å². The number of carbonyl (C=O) groups excluding carboxylic acids is 2. The van der Waals surface area contributed by atoms with Crippen molar-refractivity contribution in [3.63, 3.8) is 0 Å². The molecular weight excluding hydrogens is 366 g/mol. The Kier molecular flexibility index (Phi) is 6.01. The second kappa shape index (κ2) is 8.43. The van der Waals surface area contributed by atoms with Gasteiger partial charge in [-0.3, -0.25) is 4.79 Å². The van der Waals surface area contributed by atoms with Crippen LogP contribution in [-0.4, -0.2) is 57.9 Å². The monoisotopic (exact) mass is 389 g/mol. The second-order valence-electron chi connectivity index (χ2n) is 6.87. The molecule has 0 aliphatic carbocycles. The lowest BCUT2D eigenvalue weighted by atomic mass is 10.0. The normalized spacial score (nSPS) is 16.9. The van der Waals surface area contributed by atoms with Crippen molar-refractivity contribution < 1.29 is 9.59 Å². The summed E-state index contributed by atoms with van der Waals surface area (Å²) < 4.78 is 0. The van der Waals surface area contributed by atoms with Crippen LogP contribution in [0.25, 0.3) is 0 Å². The summed E-state index contributed by atoms with van der Waals surface area (Å²) in [7, 11) is 1.78. The molecule has 1 aromatic heterocycles. The summed E-state index contributed by atoms with van der Waals surface area (Å²) in [6, 6.07) is 5.54. The van der Waals surface area contributed by atoms with Crippen LogP contribution >= 0.6 is 11.6 Å². The van der Waals surface area contributed by atoms with Gasteiger partial charge in [-0.05, 0) is 37.0 Å². The van der Waals surface area contributed by atoms with Gasteiger partial charge in [-0.2, -0.15) is 0 Å². The predicted molar refractivity (Wildman–Crippen MR) is 104 cm³/mol. The molecule has 1 aliphatic rings. The van der Waals surface area contributed by atoms with Gasteiger partial charge in [0.05, 0.1) is 18.6 Å². The molecule has 27 heavy (non-hydrogen) atoms. The fourth-order valence-electron chi connectivity index (χ4n) is 3.28. The Morgan fingerprint density at radius 1 is 1.44 bits per heavy atom. The summed E-state index contributed by atoms with van der Waals surface area (Å²) in [4.78, 5) is 35.2. The Bertz CT molecular complexity index is 808. The predicted octanol–water partition coefficient (Wildman–Crippen LogP) is 2.82. The average Bonchev–Trinajstić information content (AvgIpc) is 3.22. The Balaban J connectivity index is 1.55. The standard InChI is InChI=1S/C19H24ClN5O2/c1-13-8-14(5-6-16(13)20)9-22-19(27)24(2)15-4-3-7-25(11-15)18(26)17-10-21-12-23-17/h5-6,8,10,12,15H,3-4,7,9,11H2,1-2H3,(H,21,23)(H,22,27)/t15-/m1/s1. The molecule has 2 heterocycles. The number of benzene rings is 1. The summed E-state index contributed by atoms with van der Waals surface area (Å²) >= 11 is 6.04. The van der Waals surface area contributed by atoms with E-state index in [9.17, 15) is 9.59 Å². The van der Waals surface area contributed by atoms with E-state index in [1.807, 2.05) is 25.1 Å². The summed E-state index contributed by atoms with van der Waals surface area (Å²) in [5.74, 6) is -0.0809. The van der Waals surface area contributed by atoms with E-state index in [4.69, 9.17) is 11.6 Å². The number of urea groups is 1. The van der Waals surface area contributed by atoms with Gasteiger partial charge >= 0.3 is 6.03 Å². The molecule has 0 radical (unpaired) electrons. The number of likely N-dealkylation sites (N-methyl/N-ethyl adjacent to an activating group) is 1. The lowest BCUT2D eigenvalue weighted by molar-refractivity contribution is 0.0631. The Morgan fingerprint density at radius 3 is 2.96 bits per heavy atom. The minimum Gasteiger partial charge on any atom is -0.341 e. The van der Waals surface area contributed by atoms with Crippen molar-refractivity contribution in [1.29, 1.82) is 0 Å². The number of aromatic nitrogens is 2. The maximum absolute atomic E-state index is 12.5. The smallest absolute Gasteiger partial charge is 0.317 e. The van der Waals surface area contributed by atoms with Crippen molar-refractivity contribution in [2.45, 2.75) is 32.4 Å². The highest BCUT2D eigenvalue weighted by atomic mass is 35.5. The van der Waals surface area contributed by atoms with E-state index in [0.29, 0.717) is 30.4 Å². The number of nitrogens with one attached hydrogen (secondary N) is 2. The summed E-state index contributed by atoms with van der Waals surface area (Å²) in [5.41, 5.74) is 2.45. The fourth-order valence-corrected chi connectivity index (χ4v) is 3.40. The van der Waals surface area contributed by atoms with E-state index in [-0.39, 0.29) is 18.0 Å². The molecule has 1 aromatic carbocycles. The minimum absolute atomic E-state index is 0.0161. The van der Waals surface area contributed by atoms with Crippen molar-refractivity contribution >= 4 is 23.5 Å². The third-order valence-electron chi connectivity index (χ3n) is 4.95. The number of likely N-dealkylation sites (tertiary alicyclic amines) is 1. The van der Waals surface area contributed by atoms with Gasteiger partial charge in [0, 0.05) is 31.7 Å². The molecule has 7 nitrogen and oxygen atoms in total. The first-order valence-electron chi connectivity index (χ1n) is 8.99. The SMILES string of the molecule is Cc1cc(CNC(=O)N(C)[C@@H]2CCCN(C(=O)c3cnc[nH]3)C2)ccc1Cl. The van der Waals surface area contributed by atoms with E-state index in [2.05, 4.69) is 15.3 Å². The van der Waals surface area contributed by atoms with E-state index in [1.165, 1.54) is 12.5 Å². The topological polar surface area (TPSA) is 81.3 Å². The summed E-state index contributed by atoms with van der Waals surface area (Å²) in [6.45, 7) is 3.58. The molecule has 2 N–H and O–H groups in total. The number of imidazole rings is 1. The maximum atomic E-state index is 12.5. The average molecular weight is 390 g/mol. The molecule has 0 unspecified atom stereocenters. The first-order chi connectivity index (χ1) is 13.0. The number of hydrogen-bond acceptors (Lipinski definition) is 3. The minimum atomic E-state index is -0.150. The molecule has 1 atom stereocenters. The number of H-pyrrole nitrogens is 1. The largest absolute Gasteiger partial charge is 0.341 e. The van der Waals surface area contributed by atoms with Crippen LogP contribution in [-0.2, 0) is 6.54 Å². The van der Waals surface area contributed by atoms with Gasteiger partial charge in [0.25, 0.3) is 5.91 Å². The fraction of sp³-hybridized carbons (Fsp3) is 0.421. The van der Waals surface area contributed by atoms with Crippen LogP contribution in [0.4, 0.5) is 4.79 Å². The van der Waals surface area contributed by atoms with E-state index >= 15 is 0 Å². The van der Waals surface area contributed by atoms with Crippen molar-refractivity contribution in [1.82, 2.24) is 25.1 Å². The van der Waals surface area contributed by atoms with E-state index in [1.54, 1.807) is 16.8 Å². The van der Waals surface area contributed by atoms with Crippen LogP contribution in [0.15, 0.2) is 30.7 Å². The summed E-state index contributed by atoms with van der Waals surface area (Å²) in [5, 5.41) is 3.65. The van der Waals surface area contributed by atoms with Gasteiger partial charge in [-0.15, -0.1) is 0 Å². The van der Waals surface area contributed by atoms with E-state index in [0.717, 1.165) is 24.0 Å². The zero-order valence-electron chi connectivity index (χ0n) is 15.5. The number of nitrogens with zero attached hydrogens (tertiary/aromatic N) is 3. The van der Waals surface area contributed by atoms with Crippen LogP contribution in [0, 0.1) is 6.92 Å². The molecule has 144 valence electrons. The molecule has 0 bridgehead atoms. The number of piperidine rings is 1. The van der Waals surface area contributed by atoms with Gasteiger partial charge in [0.2, 0.25) is 0 Å². The Hall–Kier alpha value is -2.54. The maximum Gasteiger partial charge on any atom is 0.317 e. The second-order valence-corrected chi connectivity index (χ2v) is 7.27. The number of amides is 3. The van der Waals surface area contributed by atoms with Crippen molar-refractivity contribution in [2.24, 2.45) is 0 Å². The number of carbonyl (C=O) groups is 2. The zero-order chi connectivity index (χ0) is 19.4. The van der Waals surface area contributed by atoms with Crippen molar-refractivity contribution in [3.8, 4) is 0 Å². The van der Waals surface area contributed by atoms with Crippen LogP contribution < -0.4 is 5.32 Å². The van der Waals surface area contributed by atoms with E-state index < -0.39 is 0 Å². The van der Waals surface area contributed by atoms with Crippen LogP contribution in [0.3, 0.4) is 0 Å². The number of rotatable bonds is 4. The molecule has 1 saturated heterocycles. The highest BCUT2D eigenvalue weighted by molar-refractivity contribution is 6.31. The number of halogens is 1. The zero-order valence-corrected chi connectivity index (χ0v) is 16.3. The number of aryl methyl sites for hydroxylation is 1. The molecule has 3 amide bonds. The quantitative estimate of drug-likeness (QED) is 0.843. The molecular formula is C19H24ClN5O2.